The average Bonchev–Trinajstić information content (AvgIpc) is 2.49. The van der Waals surface area contributed by atoms with Crippen LogP contribution in [-0.4, -0.2) is 11.9 Å². The summed E-state index contributed by atoms with van der Waals surface area (Å²) in [6.45, 7) is 2.02. The Balaban J connectivity index is 1.91. The van der Waals surface area contributed by atoms with Crippen LogP contribution in [-0.2, 0) is 0 Å². The van der Waals surface area contributed by atoms with Gasteiger partial charge >= 0.3 is 0 Å². The van der Waals surface area contributed by atoms with Crippen molar-refractivity contribution in [2.24, 2.45) is 4.99 Å². The van der Waals surface area contributed by atoms with E-state index in [-0.39, 0.29) is 11.9 Å². The fourth-order valence-corrected chi connectivity index (χ4v) is 2.19. The molecule has 3 N–H and O–H groups in total. The number of amidine groups is 1. The van der Waals surface area contributed by atoms with Gasteiger partial charge < -0.3 is 15.8 Å². The Hall–Kier alpha value is -2.56. The predicted molar refractivity (Wildman–Crippen MR) is 82.7 cm³/mol. The Bertz CT molecular complexity index is 682. The highest BCUT2D eigenvalue weighted by Crippen LogP contribution is 2.35. The molecular weight excluding hydrogens is 269 g/mol. The Morgan fingerprint density at radius 2 is 2.00 bits per heavy atom. The van der Waals surface area contributed by atoms with Gasteiger partial charge in [-0.1, -0.05) is 6.92 Å². The van der Waals surface area contributed by atoms with Crippen LogP contribution < -0.4 is 15.8 Å². The van der Waals surface area contributed by atoms with Gasteiger partial charge in [-0.3, -0.25) is 0 Å². The molecule has 0 amide bonds. The maximum Gasteiger partial charge on any atom is 0.156 e. The Morgan fingerprint density at radius 3 is 2.71 bits per heavy atom. The Labute approximate surface area is 122 Å². The van der Waals surface area contributed by atoms with Gasteiger partial charge in [-0.2, -0.15) is 0 Å². The molecule has 1 unspecified atom stereocenters. The third-order valence-electron chi connectivity index (χ3n) is 3.29. The first-order valence-electron chi connectivity index (χ1n) is 6.83. The maximum absolute atomic E-state index is 12.9. The zero-order chi connectivity index (χ0) is 14.8. The average molecular weight is 285 g/mol. The van der Waals surface area contributed by atoms with Crippen LogP contribution in [0.25, 0.3) is 0 Å². The first-order chi connectivity index (χ1) is 10.2. The summed E-state index contributed by atoms with van der Waals surface area (Å²) < 4.78 is 18.9. The highest BCUT2D eigenvalue weighted by Gasteiger charge is 2.23. The minimum Gasteiger partial charge on any atom is -0.480 e. The molecule has 0 fully saturated rings. The van der Waals surface area contributed by atoms with Crippen molar-refractivity contribution in [3.05, 3.63) is 48.3 Å². The SMILES string of the molecule is CCC1Oc2cc(N)ccc2N=C1Nc1ccc(F)cc1. The standard InChI is InChI=1S/C16H16FN3O/c1-2-14-16(19-12-6-3-10(17)4-7-12)20-13-8-5-11(18)9-15(13)21-14/h3-9,14H,2,18H2,1H3,(H,19,20). The van der Waals surface area contributed by atoms with E-state index in [1.165, 1.54) is 12.1 Å². The van der Waals surface area contributed by atoms with E-state index >= 15 is 0 Å². The van der Waals surface area contributed by atoms with E-state index in [9.17, 15) is 4.39 Å². The lowest BCUT2D eigenvalue weighted by Crippen LogP contribution is -2.34. The minimum absolute atomic E-state index is 0.177. The molecule has 2 aromatic carbocycles. The quantitative estimate of drug-likeness (QED) is 0.827. The third-order valence-corrected chi connectivity index (χ3v) is 3.29. The third kappa shape index (κ3) is 2.81. The van der Waals surface area contributed by atoms with E-state index in [0.29, 0.717) is 17.3 Å². The molecule has 1 atom stereocenters. The van der Waals surface area contributed by atoms with Crippen molar-refractivity contribution < 1.29 is 9.13 Å². The van der Waals surface area contributed by atoms with Gasteiger partial charge in [0.2, 0.25) is 0 Å². The number of nitrogens with zero attached hydrogens (tertiary/aromatic N) is 1. The normalized spacial score (nSPS) is 16.7. The van der Waals surface area contributed by atoms with Crippen LogP contribution >= 0.6 is 0 Å². The molecule has 4 nitrogen and oxygen atoms in total. The Kier molecular flexibility index (Phi) is 3.48. The highest BCUT2D eigenvalue weighted by molar-refractivity contribution is 6.01. The van der Waals surface area contributed by atoms with E-state index < -0.39 is 0 Å². The molecule has 3 rings (SSSR count). The zero-order valence-corrected chi connectivity index (χ0v) is 11.6. The number of halogens is 1. The number of ether oxygens (including phenoxy) is 1. The molecule has 1 heterocycles. The fourth-order valence-electron chi connectivity index (χ4n) is 2.19. The van der Waals surface area contributed by atoms with Crippen molar-refractivity contribution >= 4 is 22.9 Å². The second-order valence-corrected chi connectivity index (χ2v) is 4.87. The molecule has 1 aliphatic heterocycles. The molecule has 0 saturated heterocycles. The lowest BCUT2D eigenvalue weighted by molar-refractivity contribution is 0.259. The van der Waals surface area contributed by atoms with Crippen molar-refractivity contribution in [3.63, 3.8) is 0 Å². The molecule has 0 spiro atoms. The van der Waals surface area contributed by atoms with Crippen LogP contribution in [0.2, 0.25) is 0 Å². The number of rotatable bonds is 2. The summed E-state index contributed by atoms with van der Waals surface area (Å²) in [6.07, 6.45) is 0.589. The number of nitrogen functional groups attached to an aromatic ring is 1. The van der Waals surface area contributed by atoms with Gasteiger partial charge in [-0.15, -0.1) is 0 Å². The van der Waals surface area contributed by atoms with Crippen LogP contribution in [0.4, 0.5) is 21.5 Å². The van der Waals surface area contributed by atoms with Gasteiger partial charge in [0, 0.05) is 17.4 Å². The molecule has 108 valence electrons. The minimum atomic E-state index is -0.268. The highest BCUT2D eigenvalue weighted by atomic mass is 19.1. The second kappa shape index (κ2) is 5.44. The summed E-state index contributed by atoms with van der Waals surface area (Å²) in [4.78, 5) is 4.59. The van der Waals surface area contributed by atoms with E-state index in [0.717, 1.165) is 17.8 Å². The van der Waals surface area contributed by atoms with Crippen molar-refractivity contribution in [1.29, 1.82) is 0 Å². The summed E-state index contributed by atoms with van der Waals surface area (Å²) in [5.41, 5.74) is 7.92. The molecular formula is C16H16FN3O. The molecule has 0 bridgehead atoms. The van der Waals surface area contributed by atoms with E-state index in [1.807, 2.05) is 13.0 Å². The molecule has 5 heteroatoms. The molecule has 21 heavy (non-hydrogen) atoms. The summed E-state index contributed by atoms with van der Waals surface area (Å²) >= 11 is 0. The van der Waals surface area contributed by atoms with E-state index in [2.05, 4.69) is 10.3 Å². The van der Waals surface area contributed by atoms with Crippen LogP contribution in [0.5, 0.6) is 5.75 Å². The first kappa shape index (κ1) is 13.4. The van der Waals surface area contributed by atoms with Crippen LogP contribution in [0.3, 0.4) is 0 Å². The van der Waals surface area contributed by atoms with Gasteiger partial charge in [0.25, 0.3) is 0 Å². The first-order valence-corrected chi connectivity index (χ1v) is 6.83. The number of nitrogens with one attached hydrogen (secondary N) is 1. The summed E-state index contributed by atoms with van der Waals surface area (Å²) in [7, 11) is 0. The number of anilines is 2. The predicted octanol–water partition coefficient (Wildman–Crippen LogP) is 3.72. The molecule has 1 aliphatic rings. The monoisotopic (exact) mass is 285 g/mol. The topological polar surface area (TPSA) is 59.6 Å². The lowest BCUT2D eigenvalue weighted by Gasteiger charge is -2.26. The fraction of sp³-hybridized carbons (Fsp3) is 0.188. The number of fused-ring (bicyclic) bond motifs is 1. The van der Waals surface area contributed by atoms with E-state index in [4.69, 9.17) is 10.5 Å². The van der Waals surface area contributed by atoms with Gasteiger partial charge in [0.15, 0.2) is 6.10 Å². The number of hydrogen-bond donors (Lipinski definition) is 2. The number of hydrogen-bond acceptors (Lipinski definition) is 4. The zero-order valence-electron chi connectivity index (χ0n) is 11.6. The largest absolute Gasteiger partial charge is 0.480 e. The van der Waals surface area contributed by atoms with Crippen molar-refractivity contribution in [3.8, 4) is 5.75 Å². The van der Waals surface area contributed by atoms with Crippen molar-refractivity contribution in [2.75, 3.05) is 11.1 Å². The number of aliphatic imine (C=N–C) groups is 1. The molecule has 0 radical (unpaired) electrons. The van der Waals surface area contributed by atoms with Gasteiger partial charge in [0.1, 0.15) is 23.1 Å². The van der Waals surface area contributed by atoms with Gasteiger partial charge in [-0.05, 0) is 42.8 Å². The molecule has 0 aromatic heterocycles. The number of nitrogens with two attached hydrogens (primary N) is 1. The van der Waals surface area contributed by atoms with Crippen molar-refractivity contribution in [1.82, 2.24) is 0 Å². The summed E-state index contributed by atoms with van der Waals surface area (Å²) in [5.74, 6) is 1.13. The molecule has 0 saturated carbocycles. The van der Waals surface area contributed by atoms with Crippen LogP contribution in [0.1, 0.15) is 13.3 Å². The van der Waals surface area contributed by atoms with E-state index in [1.54, 1.807) is 24.3 Å². The number of benzene rings is 2. The second-order valence-electron chi connectivity index (χ2n) is 4.87. The van der Waals surface area contributed by atoms with Crippen molar-refractivity contribution in [2.45, 2.75) is 19.4 Å². The summed E-state index contributed by atoms with van der Waals surface area (Å²) in [5, 5.41) is 3.19. The molecule has 2 aromatic rings. The maximum atomic E-state index is 12.9. The summed E-state index contributed by atoms with van der Waals surface area (Å²) in [6, 6.07) is 11.5. The van der Waals surface area contributed by atoms with Gasteiger partial charge in [-0.25, -0.2) is 9.38 Å². The molecule has 0 aliphatic carbocycles. The Morgan fingerprint density at radius 1 is 1.24 bits per heavy atom. The lowest BCUT2D eigenvalue weighted by atomic mass is 10.1. The van der Waals surface area contributed by atoms with Gasteiger partial charge in [0.05, 0.1) is 0 Å². The van der Waals surface area contributed by atoms with Crippen LogP contribution in [0, 0.1) is 5.82 Å². The van der Waals surface area contributed by atoms with Crippen LogP contribution in [0.15, 0.2) is 47.5 Å². The smallest absolute Gasteiger partial charge is 0.156 e.